The van der Waals surface area contributed by atoms with Crippen LogP contribution in [0, 0.1) is 5.92 Å². The summed E-state index contributed by atoms with van der Waals surface area (Å²) in [6.45, 7) is 1.56. The van der Waals surface area contributed by atoms with Gasteiger partial charge >= 0.3 is 0 Å². The Labute approximate surface area is 132 Å². The molecule has 0 atom stereocenters. The van der Waals surface area contributed by atoms with Crippen LogP contribution in [0.25, 0.3) is 11.1 Å². The van der Waals surface area contributed by atoms with E-state index in [0.717, 1.165) is 24.7 Å². The number of ether oxygens (including phenoxy) is 1. The van der Waals surface area contributed by atoms with Gasteiger partial charge in [-0.1, -0.05) is 36.4 Å². The molecule has 0 unspecified atom stereocenters. The van der Waals surface area contributed by atoms with E-state index in [2.05, 4.69) is 48.5 Å². The maximum absolute atomic E-state index is 5.77. The van der Waals surface area contributed by atoms with Gasteiger partial charge in [-0.15, -0.1) is 12.4 Å². The van der Waals surface area contributed by atoms with E-state index in [1.165, 1.54) is 29.5 Å². The van der Waals surface area contributed by atoms with Crippen molar-refractivity contribution in [1.29, 1.82) is 0 Å². The smallest absolute Gasteiger partial charge is 0.119 e. The quantitative estimate of drug-likeness (QED) is 0.873. The first-order chi connectivity index (χ1) is 9.85. The van der Waals surface area contributed by atoms with E-state index in [1.807, 2.05) is 0 Å². The SMILES string of the molecule is Cl.NCCc1cccc(-c2ccc(OCC3CC3)cc2)c1. The number of rotatable bonds is 6. The fourth-order valence-corrected chi connectivity index (χ4v) is 2.32. The first-order valence-corrected chi connectivity index (χ1v) is 7.37. The van der Waals surface area contributed by atoms with Gasteiger partial charge < -0.3 is 10.5 Å². The Morgan fingerprint density at radius 1 is 1.00 bits per heavy atom. The summed E-state index contributed by atoms with van der Waals surface area (Å²) in [6.07, 6.45) is 3.58. The second-order valence-electron chi connectivity index (χ2n) is 5.52. The molecule has 21 heavy (non-hydrogen) atoms. The Bertz CT molecular complexity index is 564. The van der Waals surface area contributed by atoms with Crippen molar-refractivity contribution >= 4 is 12.4 Å². The van der Waals surface area contributed by atoms with Gasteiger partial charge in [-0.05, 0) is 60.5 Å². The number of hydrogen-bond donors (Lipinski definition) is 1. The third kappa shape index (κ3) is 4.48. The van der Waals surface area contributed by atoms with Crippen LogP contribution in [0.5, 0.6) is 5.75 Å². The van der Waals surface area contributed by atoms with Crippen molar-refractivity contribution in [3.8, 4) is 16.9 Å². The number of nitrogens with two attached hydrogens (primary N) is 1. The first-order valence-electron chi connectivity index (χ1n) is 7.37. The van der Waals surface area contributed by atoms with Crippen molar-refractivity contribution in [2.45, 2.75) is 19.3 Å². The van der Waals surface area contributed by atoms with Crippen molar-refractivity contribution in [3.63, 3.8) is 0 Å². The zero-order valence-electron chi connectivity index (χ0n) is 12.1. The molecule has 2 aromatic carbocycles. The van der Waals surface area contributed by atoms with Crippen LogP contribution < -0.4 is 10.5 Å². The topological polar surface area (TPSA) is 35.2 Å². The molecule has 3 rings (SSSR count). The third-order valence-corrected chi connectivity index (χ3v) is 3.73. The average molecular weight is 304 g/mol. The second kappa shape index (κ2) is 7.48. The Hall–Kier alpha value is -1.51. The summed E-state index contributed by atoms with van der Waals surface area (Å²) >= 11 is 0. The zero-order chi connectivity index (χ0) is 13.8. The van der Waals surface area contributed by atoms with Crippen molar-refractivity contribution in [2.75, 3.05) is 13.2 Å². The third-order valence-electron chi connectivity index (χ3n) is 3.73. The van der Waals surface area contributed by atoms with E-state index >= 15 is 0 Å². The maximum atomic E-state index is 5.77. The lowest BCUT2D eigenvalue weighted by Gasteiger charge is -2.08. The second-order valence-corrected chi connectivity index (χ2v) is 5.52. The van der Waals surface area contributed by atoms with E-state index in [4.69, 9.17) is 10.5 Å². The van der Waals surface area contributed by atoms with E-state index in [9.17, 15) is 0 Å². The lowest BCUT2D eigenvalue weighted by atomic mass is 10.0. The molecule has 3 heteroatoms. The number of hydrogen-bond acceptors (Lipinski definition) is 2. The maximum Gasteiger partial charge on any atom is 0.119 e. The minimum atomic E-state index is 0. The molecule has 0 amide bonds. The van der Waals surface area contributed by atoms with E-state index in [-0.39, 0.29) is 12.4 Å². The summed E-state index contributed by atoms with van der Waals surface area (Å²) in [4.78, 5) is 0. The van der Waals surface area contributed by atoms with Crippen LogP contribution in [0.4, 0.5) is 0 Å². The highest BCUT2D eigenvalue weighted by atomic mass is 35.5. The minimum Gasteiger partial charge on any atom is -0.493 e. The van der Waals surface area contributed by atoms with Crippen LogP contribution in [0.3, 0.4) is 0 Å². The fourth-order valence-electron chi connectivity index (χ4n) is 2.32. The lowest BCUT2D eigenvalue weighted by Crippen LogP contribution is -2.02. The molecule has 1 aliphatic rings. The molecule has 0 saturated heterocycles. The van der Waals surface area contributed by atoms with Gasteiger partial charge in [0.1, 0.15) is 5.75 Å². The number of halogens is 1. The van der Waals surface area contributed by atoms with Crippen molar-refractivity contribution in [2.24, 2.45) is 11.7 Å². The molecule has 2 N–H and O–H groups in total. The molecular weight excluding hydrogens is 282 g/mol. The zero-order valence-corrected chi connectivity index (χ0v) is 12.9. The molecule has 112 valence electrons. The van der Waals surface area contributed by atoms with Gasteiger partial charge in [-0.25, -0.2) is 0 Å². The molecule has 0 bridgehead atoms. The normalized spacial score (nSPS) is 13.6. The van der Waals surface area contributed by atoms with Crippen LogP contribution in [-0.4, -0.2) is 13.2 Å². The predicted octanol–water partition coefficient (Wildman–Crippen LogP) is 4.07. The molecule has 0 aliphatic heterocycles. The summed E-state index contributed by atoms with van der Waals surface area (Å²) < 4.78 is 5.77. The molecule has 0 spiro atoms. The minimum absolute atomic E-state index is 0. The van der Waals surface area contributed by atoms with Crippen LogP contribution in [0.15, 0.2) is 48.5 Å². The van der Waals surface area contributed by atoms with E-state index in [1.54, 1.807) is 0 Å². The van der Waals surface area contributed by atoms with Gasteiger partial charge in [0, 0.05) is 0 Å². The summed E-state index contributed by atoms with van der Waals surface area (Å²) in [7, 11) is 0. The van der Waals surface area contributed by atoms with Crippen LogP contribution in [-0.2, 0) is 6.42 Å². The molecule has 2 nitrogen and oxygen atoms in total. The van der Waals surface area contributed by atoms with Crippen LogP contribution in [0.2, 0.25) is 0 Å². The Balaban J connectivity index is 0.00000161. The average Bonchev–Trinajstić information content (AvgIpc) is 3.31. The molecule has 0 heterocycles. The molecule has 1 aliphatic carbocycles. The highest BCUT2D eigenvalue weighted by Crippen LogP contribution is 2.30. The molecule has 0 aromatic heterocycles. The highest BCUT2D eigenvalue weighted by molar-refractivity contribution is 5.85. The largest absolute Gasteiger partial charge is 0.493 e. The monoisotopic (exact) mass is 303 g/mol. The Morgan fingerprint density at radius 2 is 1.76 bits per heavy atom. The molecule has 2 aromatic rings. The lowest BCUT2D eigenvalue weighted by molar-refractivity contribution is 0.300. The van der Waals surface area contributed by atoms with Crippen LogP contribution in [0.1, 0.15) is 18.4 Å². The molecule has 0 radical (unpaired) electrons. The summed E-state index contributed by atoms with van der Waals surface area (Å²) in [5, 5.41) is 0. The summed E-state index contributed by atoms with van der Waals surface area (Å²) in [5.74, 6) is 1.77. The highest BCUT2D eigenvalue weighted by Gasteiger charge is 2.21. The molecule has 1 saturated carbocycles. The van der Waals surface area contributed by atoms with E-state index in [0.29, 0.717) is 6.54 Å². The van der Waals surface area contributed by atoms with Crippen molar-refractivity contribution < 1.29 is 4.74 Å². The first kappa shape index (κ1) is 15.9. The predicted molar refractivity (Wildman–Crippen MR) is 90.1 cm³/mol. The van der Waals surface area contributed by atoms with Crippen LogP contribution >= 0.6 is 12.4 Å². The molecular formula is C18H22ClNO. The Kier molecular flexibility index (Phi) is 5.66. The fraction of sp³-hybridized carbons (Fsp3) is 0.333. The van der Waals surface area contributed by atoms with Gasteiger partial charge in [-0.2, -0.15) is 0 Å². The van der Waals surface area contributed by atoms with Gasteiger partial charge in [0.2, 0.25) is 0 Å². The van der Waals surface area contributed by atoms with Gasteiger partial charge in [0.15, 0.2) is 0 Å². The van der Waals surface area contributed by atoms with Gasteiger partial charge in [0.25, 0.3) is 0 Å². The standard InChI is InChI=1S/C18H21NO.ClH/c19-11-10-14-2-1-3-17(12-14)16-6-8-18(9-7-16)20-13-15-4-5-15;/h1-3,6-9,12,15H,4-5,10-11,13,19H2;1H. The summed E-state index contributed by atoms with van der Waals surface area (Å²) in [6, 6.07) is 17.0. The van der Waals surface area contributed by atoms with Crippen molar-refractivity contribution in [3.05, 3.63) is 54.1 Å². The molecule has 1 fully saturated rings. The van der Waals surface area contributed by atoms with Crippen molar-refractivity contribution in [1.82, 2.24) is 0 Å². The Morgan fingerprint density at radius 3 is 2.43 bits per heavy atom. The van der Waals surface area contributed by atoms with Gasteiger partial charge in [0.05, 0.1) is 6.61 Å². The van der Waals surface area contributed by atoms with Gasteiger partial charge in [-0.3, -0.25) is 0 Å². The van der Waals surface area contributed by atoms with E-state index < -0.39 is 0 Å². The summed E-state index contributed by atoms with van der Waals surface area (Å²) in [5.41, 5.74) is 9.37. The number of benzene rings is 2.